The molecule has 11 heteroatoms. The van der Waals surface area contributed by atoms with Gasteiger partial charge in [-0.1, -0.05) is 12.8 Å². The van der Waals surface area contributed by atoms with Gasteiger partial charge in [0.1, 0.15) is 12.6 Å². The summed E-state index contributed by atoms with van der Waals surface area (Å²) < 4.78 is 69.5. The van der Waals surface area contributed by atoms with Crippen LogP contribution in [-0.2, 0) is 19.6 Å². The summed E-state index contributed by atoms with van der Waals surface area (Å²) in [6.07, 6.45) is -0.829. The van der Waals surface area contributed by atoms with E-state index in [9.17, 15) is 31.2 Å². The Bertz CT molecular complexity index is 902. The molecule has 1 aromatic carbocycles. The molecular weight excluding hydrogens is 425 g/mol. The zero-order chi connectivity index (χ0) is 22.1. The van der Waals surface area contributed by atoms with Crippen molar-refractivity contribution < 1.29 is 35.9 Å². The van der Waals surface area contributed by atoms with E-state index in [1.165, 1.54) is 23.5 Å². The van der Waals surface area contributed by atoms with Gasteiger partial charge in [0.2, 0.25) is 10.0 Å². The highest BCUT2D eigenvalue weighted by molar-refractivity contribution is 7.89. The minimum Gasteiger partial charge on any atom is -0.468 e. The minimum atomic E-state index is -4.55. The number of fused-ring (bicyclic) bond motifs is 1. The van der Waals surface area contributed by atoms with E-state index in [2.05, 4.69) is 0 Å². The molecule has 1 heterocycles. The highest BCUT2D eigenvalue weighted by Crippen LogP contribution is 2.43. The summed E-state index contributed by atoms with van der Waals surface area (Å²) >= 11 is 0. The van der Waals surface area contributed by atoms with Crippen LogP contribution in [0.4, 0.5) is 13.2 Å². The van der Waals surface area contributed by atoms with Gasteiger partial charge in [-0.2, -0.15) is 17.5 Å². The number of nitrogens with one attached hydrogen (secondary N) is 1. The van der Waals surface area contributed by atoms with Crippen LogP contribution >= 0.6 is 0 Å². The third kappa shape index (κ3) is 4.61. The number of hydrogen-bond donors (Lipinski definition) is 1. The highest BCUT2D eigenvalue weighted by atomic mass is 32.2. The summed E-state index contributed by atoms with van der Waals surface area (Å²) in [7, 11) is -2.86. The first-order valence-corrected chi connectivity index (χ1v) is 11.0. The van der Waals surface area contributed by atoms with E-state index in [-0.39, 0.29) is 22.4 Å². The van der Waals surface area contributed by atoms with Crippen LogP contribution in [-0.4, -0.2) is 56.5 Å². The first-order valence-electron chi connectivity index (χ1n) is 9.61. The van der Waals surface area contributed by atoms with Gasteiger partial charge >= 0.3 is 12.1 Å². The lowest BCUT2D eigenvalue weighted by atomic mass is 9.85. The molecule has 3 rings (SSSR count). The van der Waals surface area contributed by atoms with Crippen molar-refractivity contribution in [2.24, 2.45) is 5.92 Å². The number of esters is 1. The predicted octanol–water partition coefficient (Wildman–Crippen LogP) is 2.47. The Morgan fingerprint density at radius 1 is 1.17 bits per heavy atom. The molecule has 1 N–H and O–H groups in total. The van der Waals surface area contributed by atoms with E-state index in [4.69, 9.17) is 4.74 Å². The van der Waals surface area contributed by atoms with Crippen molar-refractivity contribution in [1.29, 1.82) is 0 Å². The average Bonchev–Trinajstić information content (AvgIpc) is 3.11. The monoisotopic (exact) mass is 448 g/mol. The van der Waals surface area contributed by atoms with Crippen molar-refractivity contribution in [2.75, 3.05) is 13.7 Å². The van der Waals surface area contributed by atoms with Crippen LogP contribution in [0.5, 0.6) is 0 Å². The van der Waals surface area contributed by atoms with Crippen molar-refractivity contribution >= 4 is 21.9 Å². The number of hydrogen-bond acceptors (Lipinski definition) is 5. The number of methoxy groups -OCH3 is 1. The maximum absolute atomic E-state index is 13.3. The van der Waals surface area contributed by atoms with Crippen molar-refractivity contribution in [2.45, 2.75) is 55.3 Å². The summed E-state index contributed by atoms with van der Waals surface area (Å²) in [6, 6.07) is 3.43. The molecule has 2 fully saturated rings. The van der Waals surface area contributed by atoms with Gasteiger partial charge in [-0.05, 0) is 49.4 Å². The molecule has 1 saturated carbocycles. The van der Waals surface area contributed by atoms with Crippen LogP contribution < -0.4 is 5.32 Å². The van der Waals surface area contributed by atoms with Crippen molar-refractivity contribution in [3.05, 3.63) is 29.8 Å². The molecule has 3 atom stereocenters. The van der Waals surface area contributed by atoms with Gasteiger partial charge in [-0.25, -0.2) is 8.42 Å². The SMILES string of the molecule is COC(=O)C1CC2CCCCC2N1S(=O)(=O)c1ccc(C(=O)NCC(F)(F)F)cc1. The fourth-order valence-electron chi connectivity index (χ4n) is 4.28. The van der Waals surface area contributed by atoms with E-state index in [0.29, 0.717) is 12.8 Å². The first kappa shape index (κ1) is 22.5. The number of alkyl halides is 3. The number of sulfonamides is 1. The number of nitrogens with zero attached hydrogens (tertiary/aromatic N) is 1. The number of halogens is 3. The molecule has 0 spiro atoms. The summed E-state index contributed by atoms with van der Waals surface area (Å²) in [6.45, 7) is -1.48. The molecule has 0 bridgehead atoms. The van der Waals surface area contributed by atoms with Gasteiger partial charge in [0, 0.05) is 11.6 Å². The second-order valence-corrected chi connectivity index (χ2v) is 9.39. The van der Waals surface area contributed by atoms with E-state index >= 15 is 0 Å². The molecule has 7 nitrogen and oxygen atoms in total. The maximum atomic E-state index is 13.3. The highest BCUT2D eigenvalue weighted by Gasteiger charge is 2.51. The van der Waals surface area contributed by atoms with Gasteiger partial charge in [-0.3, -0.25) is 9.59 Å². The zero-order valence-corrected chi connectivity index (χ0v) is 17.1. The number of carbonyl (C=O) groups is 2. The van der Waals surface area contributed by atoms with Gasteiger partial charge in [0.05, 0.1) is 12.0 Å². The number of ether oxygens (including phenoxy) is 1. The van der Waals surface area contributed by atoms with Gasteiger partial charge < -0.3 is 10.1 Å². The van der Waals surface area contributed by atoms with Crippen LogP contribution in [0.1, 0.15) is 42.5 Å². The molecule has 3 unspecified atom stereocenters. The predicted molar refractivity (Wildman–Crippen MR) is 100 cm³/mol. The van der Waals surface area contributed by atoms with E-state index in [1.807, 2.05) is 0 Å². The Morgan fingerprint density at radius 2 is 1.80 bits per heavy atom. The smallest absolute Gasteiger partial charge is 0.405 e. The van der Waals surface area contributed by atoms with Gasteiger partial charge in [0.25, 0.3) is 5.91 Å². The molecule has 1 saturated heterocycles. The standard InChI is InChI=1S/C19H23F3N2O5S/c1-29-18(26)16-10-13-4-2-3-5-15(13)24(16)30(27,28)14-8-6-12(7-9-14)17(25)23-11-19(20,21)22/h6-9,13,15-16H,2-5,10-11H2,1H3,(H,23,25). The molecule has 1 aliphatic heterocycles. The van der Waals surface area contributed by atoms with E-state index in [0.717, 1.165) is 31.4 Å². The third-order valence-corrected chi connectivity index (χ3v) is 7.59. The average molecular weight is 448 g/mol. The van der Waals surface area contributed by atoms with Crippen LogP contribution in [0.3, 0.4) is 0 Å². The maximum Gasteiger partial charge on any atom is 0.405 e. The molecule has 0 radical (unpaired) electrons. The minimum absolute atomic E-state index is 0.0741. The number of benzene rings is 1. The van der Waals surface area contributed by atoms with Gasteiger partial charge in [-0.15, -0.1) is 0 Å². The van der Waals surface area contributed by atoms with E-state index < -0.39 is 40.7 Å². The lowest BCUT2D eigenvalue weighted by Crippen LogP contribution is -2.46. The van der Waals surface area contributed by atoms with E-state index in [1.54, 1.807) is 5.32 Å². The molecule has 30 heavy (non-hydrogen) atoms. The molecular formula is C19H23F3N2O5S. The van der Waals surface area contributed by atoms with Crippen LogP contribution in [0.25, 0.3) is 0 Å². The molecule has 1 aliphatic carbocycles. The fraction of sp³-hybridized carbons (Fsp3) is 0.579. The zero-order valence-electron chi connectivity index (χ0n) is 16.3. The largest absolute Gasteiger partial charge is 0.468 e. The molecule has 166 valence electrons. The molecule has 1 amide bonds. The summed E-state index contributed by atoms with van der Waals surface area (Å²) in [5.74, 6) is -1.50. The molecule has 0 aromatic heterocycles. The third-order valence-electron chi connectivity index (χ3n) is 5.64. The summed E-state index contributed by atoms with van der Waals surface area (Å²) in [5, 5.41) is 1.73. The number of rotatable bonds is 5. The second-order valence-electron chi connectivity index (χ2n) is 7.54. The number of amides is 1. The summed E-state index contributed by atoms with van der Waals surface area (Å²) in [5.41, 5.74) is -0.0975. The van der Waals surface area contributed by atoms with Crippen molar-refractivity contribution in [3.8, 4) is 0 Å². The molecule has 2 aliphatic rings. The van der Waals surface area contributed by atoms with Crippen LogP contribution in [0, 0.1) is 5.92 Å². The first-order chi connectivity index (χ1) is 14.0. The van der Waals surface area contributed by atoms with Crippen molar-refractivity contribution in [3.63, 3.8) is 0 Å². The number of carbonyl (C=O) groups excluding carboxylic acids is 2. The fourth-order valence-corrected chi connectivity index (χ4v) is 6.15. The topological polar surface area (TPSA) is 92.8 Å². The van der Waals surface area contributed by atoms with Crippen LogP contribution in [0.2, 0.25) is 0 Å². The Balaban J connectivity index is 1.84. The molecule has 1 aromatic rings. The Labute approximate surface area is 172 Å². The lowest BCUT2D eigenvalue weighted by Gasteiger charge is -2.32. The van der Waals surface area contributed by atoms with Crippen LogP contribution in [0.15, 0.2) is 29.2 Å². The Kier molecular flexibility index (Phi) is 6.42. The second kappa shape index (κ2) is 8.54. The van der Waals surface area contributed by atoms with Crippen molar-refractivity contribution in [1.82, 2.24) is 9.62 Å². The summed E-state index contributed by atoms with van der Waals surface area (Å²) in [4.78, 5) is 24.0. The Morgan fingerprint density at radius 3 is 2.40 bits per heavy atom. The quantitative estimate of drug-likeness (QED) is 0.699. The normalized spacial score (nSPS) is 24.9. The lowest BCUT2D eigenvalue weighted by molar-refractivity contribution is -0.144. The van der Waals surface area contributed by atoms with Gasteiger partial charge in [0.15, 0.2) is 0 Å². The Hall–Kier alpha value is -2.14.